The first-order valence-electron chi connectivity index (χ1n) is 7.30. The molecule has 1 N–H and O–H groups in total. The van der Waals surface area contributed by atoms with Crippen molar-refractivity contribution >= 4 is 29.1 Å². The molecule has 0 saturated heterocycles. The minimum absolute atomic E-state index is 0.483. The molecule has 2 aromatic rings. The van der Waals surface area contributed by atoms with Crippen LogP contribution in [0.2, 0.25) is 5.02 Å². The maximum atomic E-state index is 9.41. The fourth-order valence-electron chi connectivity index (χ4n) is 2.16. The van der Waals surface area contributed by atoms with Crippen LogP contribution in [0, 0.1) is 0 Å². The fraction of sp³-hybridized carbons (Fsp3) is 0.375. The second-order valence-corrected chi connectivity index (χ2v) is 6.94. The molecule has 0 spiro atoms. The van der Waals surface area contributed by atoms with Crippen molar-refractivity contribution in [2.24, 2.45) is 12.2 Å². The summed E-state index contributed by atoms with van der Waals surface area (Å²) in [5, 5.41) is 14.4. The first kappa shape index (κ1) is 17.8. The SMILES string of the molecule is CN(C)CCCSc1ncc(C(=NO)c2ccc(Cl)cc2)n1C. The van der Waals surface area contributed by atoms with E-state index in [1.54, 1.807) is 30.1 Å². The minimum atomic E-state index is 0.483. The zero-order valence-electron chi connectivity index (χ0n) is 13.5. The summed E-state index contributed by atoms with van der Waals surface area (Å²) in [7, 11) is 6.07. The number of benzene rings is 1. The smallest absolute Gasteiger partial charge is 0.168 e. The number of nitrogens with zero attached hydrogens (tertiary/aromatic N) is 4. The molecule has 1 aromatic carbocycles. The molecule has 5 nitrogen and oxygen atoms in total. The van der Waals surface area contributed by atoms with E-state index >= 15 is 0 Å². The van der Waals surface area contributed by atoms with E-state index in [2.05, 4.69) is 29.1 Å². The van der Waals surface area contributed by atoms with Gasteiger partial charge in [-0.1, -0.05) is 40.7 Å². The number of halogens is 1. The highest BCUT2D eigenvalue weighted by Gasteiger charge is 2.15. The van der Waals surface area contributed by atoms with Gasteiger partial charge in [0.25, 0.3) is 0 Å². The normalized spacial score (nSPS) is 12.1. The minimum Gasteiger partial charge on any atom is -0.410 e. The summed E-state index contributed by atoms with van der Waals surface area (Å²) < 4.78 is 1.95. The maximum Gasteiger partial charge on any atom is 0.168 e. The molecular formula is C16H21ClN4OS. The van der Waals surface area contributed by atoms with Crippen LogP contribution in [-0.4, -0.2) is 51.8 Å². The number of hydrogen-bond acceptors (Lipinski definition) is 5. The quantitative estimate of drug-likeness (QED) is 0.273. The molecular weight excluding hydrogens is 332 g/mol. The summed E-state index contributed by atoms with van der Waals surface area (Å²) in [4.78, 5) is 6.61. The fourth-order valence-corrected chi connectivity index (χ4v) is 3.16. The molecule has 0 aliphatic rings. The molecule has 0 radical (unpaired) electrons. The van der Waals surface area contributed by atoms with Gasteiger partial charge in [-0.05, 0) is 39.2 Å². The van der Waals surface area contributed by atoms with Gasteiger partial charge in [-0.25, -0.2) is 4.98 Å². The van der Waals surface area contributed by atoms with Crippen molar-refractivity contribution in [3.8, 4) is 0 Å². The molecule has 0 atom stereocenters. The van der Waals surface area contributed by atoms with E-state index in [-0.39, 0.29) is 0 Å². The second-order valence-electron chi connectivity index (χ2n) is 5.45. The van der Waals surface area contributed by atoms with Gasteiger partial charge in [-0.3, -0.25) is 0 Å². The highest BCUT2D eigenvalue weighted by Crippen LogP contribution is 2.21. The first-order chi connectivity index (χ1) is 11.0. The third-order valence-electron chi connectivity index (χ3n) is 3.39. The maximum absolute atomic E-state index is 9.41. The number of thioether (sulfide) groups is 1. The average Bonchev–Trinajstić information content (AvgIpc) is 2.88. The average molecular weight is 353 g/mol. The van der Waals surface area contributed by atoms with E-state index < -0.39 is 0 Å². The van der Waals surface area contributed by atoms with E-state index in [0.717, 1.165) is 35.1 Å². The monoisotopic (exact) mass is 352 g/mol. The molecule has 0 unspecified atom stereocenters. The Balaban J connectivity index is 2.12. The van der Waals surface area contributed by atoms with Crippen molar-refractivity contribution in [1.29, 1.82) is 0 Å². The molecule has 7 heteroatoms. The lowest BCUT2D eigenvalue weighted by atomic mass is 10.1. The number of aromatic nitrogens is 2. The van der Waals surface area contributed by atoms with Gasteiger partial charge in [-0.15, -0.1) is 0 Å². The Morgan fingerprint density at radius 2 is 2.04 bits per heavy atom. The number of imidazole rings is 1. The summed E-state index contributed by atoms with van der Waals surface area (Å²) in [6.07, 6.45) is 2.83. The van der Waals surface area contributed by atoms with Crippen molar-refractivity contribution in [3.63, 3.8) is 0 Å². The molecule has 124 valence electrons. The van der Waals surface area contributed by atoms with Gasteiger partial charge >= 0.3 is 0 Å². The van der Waals surface area contributed by atoms with Crippen LogP contribution in [-0.2, 0) is 7.05 Å². The summed E-state index contributed by atoms with van der Waals surface area (Å²) >= 11 is 7.61. The van der Waals surface area contributed by atoms with Crippen molar-refractivity contribution in [1.82, 2.24) is 14.5 Å². The molecule has 0 bridgehead atoms. The number of oxime groups is 1. The summed E-state index contributed by atoms with van der Waals surface area (Å²) in [6, 6.07) is 7.20. The standard InChI is InChI=1S/C16H21ClN4OS/c1-20(2)9-4-10-23-16-18-11-14(21(16)3)15(19-22)12-5-7-13(17)8-6-12/h5-8,11,22H,4,9-10H2,1-3H3. The molecule has 0 aliphatic carbocycles. The van der Waals surface area contributed by atoms with Crippen molar-refractivity contribution in [3.05, 3.63) is 46.7 Å². The molecule has 0 fully saturated rings. The Kier molecular flexibility index (Phi) is 6.50. The predicted octanol–water partition coefficient (Wildman–Crippen LogP) is 3.34. The van der Waals surface area contributed by atoms with Gasteiger partial charge in [0.1, 0.15) is 5.71 Å². The zero-order chi connectivity index (χ0) is 16.8. The zero-order valence-corrected chi connectivity index (χ0v) is 15.1. The van der Waals surface area contributed by atoms with Crippen LogP contribution in [0.4, 0.5) is 0 Å². The lowest BCUT2D eigenvalue weighted by molar-refractivity contribution is 0.319. The van der Waals surface area contributed by atoms with E-state index in [9.17, 15) is 5.21 Å². The van der Waals surface area contributed by atoms with Crippen LogP contribution >= 0.6 is 23.4 Å². The molecule has 0 saturated carbocycles. The number of rotatable bonds is 7. The van der Waals surface area contributed by atoms with Crippen LogP contribution < -0.4 is 0 Å². The van der Waals surface area contributed by atoms with Crippen LogP contribution in [0.15, 0.2) is 40.8 Å². The second kappa shape index (κ2) is 8.38. The van der Waals surface area contributed by atoms with E-state index in [1.165, 1.54) is 0 Å². The highest BCUT2D eigenvalue weighted by atomic mass is 35.5. The Hall–Kier alpha value is -1.50. The van der Waals surface area contributed by atoms with Crippen LogP contribution in [0.3, 0.4) is 0 Å². The van der Waals surface area contributed by atoms with Gasteiger partial charge in [0.2, 0.25) is 0 Å². The van der Waals surface area contributed by atoms with Crippen molar-refractivity contribution in [2.45, 2.75) is 11.6 Å². The largest absolute Gasteiger partial charge is 0.410 e. The molecule has 1 heterocycles. The van der Waals surface area contributed by atoms with Crippen LogP contribution in [0.25, 0.3) is 0 Å². The molecule has 23 heavy (non-hydrogen) atoms. The summed E-state index contributed by atoms with van der Waals surface area (Å²) in [5.74, 6) is 0.995. The molecule has 1 aromatic heterocycles. The van der Waals surface area contributed by atoms with Crippen LogP contribution in [0.1, 0.15) is 17.7 Å². The predicted molar refractivity (Wildman–Crippen MR) is 96.0 cm³/mol. The van der Waals surface area contributed by atoms with Gasteiger partial charge in [0, 0.05) is 23.4 Å². The van der Waals surface area contributed by atoms with Gasteiger partial charge in [0.15, 0.2) is 5.16 Å². The third kappa shape index (κ3) is 4.73. The number of hydrogen-bond donors (Lipinski definition) is 1. The lowest BCUT2D eigenvalue weighted by Gasteiger charge is -2.09. The van der Waals surface area contributed by atoms with Gasteiger partial charge < -0.3 is 14.7 Å². The van der Waals surface area contributed by atoms with E-state index in [4.69, 9.17) is 11.6 Å². The lowest BCUT2D eigenvalue weighted by Crippen LogP contribution is -2.13. The molecule has 2 rings (SSSR count). The Morgan fingerprint density at radius 3 is 2.65 bits per heavy atom. The van der Waals surface area contributed by atoms with E-state index in [0.29, 0.717) is 10.7 Å². The first-order valence-corrected chi connectivity index (χ1v) is 8.67. The van der Waals surface area contributed by atoms with Crippen molar-refractivity contribution in [2.75, 3.05) is 26.4 Å². The van der Waals surface area contributed by atoms with Gasteiger partial charge in [-0.2, -0.15) is 0 Å². The van der Waals surface area contributed by atoms with Gasteiger partial charge in [0.05, 0.1) is 11.9 Å². The summed E-state index contributed by atoms with van der Waals surface area (Å²) in [5.41, 5.74) is 2.05. The highest BCUT2D eigenvalue weighted by molar-refractivity contribution is 7.99. The van der Waals surface area contributed by atoms with E-state index in [1.807, 2.05) is 23.7 Å². The topological polar surface area (TPSA) is 53.6 Å². The summed E-state index contributed by atoms with van der Waals surface area (Å²) in [6.45, 7) is 1.05. The van der Waals surface area contributed by atoms with Crippen LogP contribution in [0.5, 0.6) is 0 Å². The third-order valence-corrected chi connectivity index (χ3v) is 4.77. The molecule has 0 amide bonds. The Morgan fingerprint density at radius 1 is 1.35 bits per heavy atom. The van der Waals surface area contributed by atoms with Crippen molar-refractivity contribution < 1.29 is 5.21 Å². The Bertz CT molecular complexity index is 667. The molecule has 0 aliphatic heterocycles. The Labute approximate surface area is 146 Å².